The number of para-hydroxylation sites is 1. The van der Waals surface area contributed by atoms with E-state index in [2.05, 4.69) is 5.32 Å². The van der Waals surface area contributed by atoms with Crippen molar-refractivity contribution in [1.29, 1.82) is 0 Å². The van der Waals surface area contributed by atoms with E-state index in [9.17, 15) is 14.4 Å². The van der Waals surface area contributed by atoms with Crippen molar-refractivity contribution in [2.24, 2.45) is 0 Å². The average molecular weight is 361 g/mol. The molecular weight excluding hydrogens is 342 g/mol. The molecule has 0 aromatic heterocycles. The van der Waals surface area contributed by atoms with Crippen LogP contribution in [0.2, 0.25) is 0 Å². The van der Waals surface area contributed by atoms with Gasteiger partial charge in [-0.1, -0.05) is 18.2 Å². The van der Waals surface area contributed by atoms with Gasteiger partial charge in [-0.05, 0) is 60.7 Å². The Morgan fingerprint density at radius 3 is 1.70 bits per heavy atom. The van der Waals surface area contributed by atoms with Gasteiger partial charge in [0.25, 0.3) is 0 Å². The van der Waals surface area contributed by atoms with Gasteiger partial charge in [-0.2, -0.15) is 0 Å². The zero-order chi connectivity index (χ0) is 19.5. The van der Waals surface area contributed by atoms with E-state index in [1.54, 1.807) is 48.5 Å². The number of hydrogen-bond donors (Lipinski definition) is 1. The Kier molecular flexibility index (Phi) is 7.48. The predicted molar refractivity (Wildman–Crippen MR) is 104 cm³/mol. The third-order valence-corrected chi connectivity index (χ3v) is 3.36. The average Bonchev–Trinajstić information content (AvgIpc) is 2.70. The summed E-state index contributed by atoms with van der Waals surface area (Å²) in [4.78, 5) is 31.3. The molecule has 0 saturated heterocycles. The molecule has 0 heterocycles. The SMILES string of the molecule is CC(=O)Nc1ccc(C=O)cc1.O=Cc1ccc(Oc2ccccc2)cc1. The Morgan fingerprint density at radius 2 is 1.22 bits per heavy atom. The molecule has 1 N–H and O–H groups in total. The van der Waals surface area contributed by atoms with Crippen LogP contribution in [-0.2, 0) is 4.79 Å². The van der Waals surface area contributed by atoms with Crippen molar-refractivity contribution >= 4 is 24.2 Å². The number of benzene rings is 3. The van der Waals surface area contributed by atoms with Crippen molar-refractivity contribution in [2.75, 3.05) is 5.32 Å². The Morgan fingerprint density at radius 1 is 0.741 bits per heavy atom. The second kappa shape index (κ2) is 10.3. The van der Waals surface area contributed by atoms with Gasteiger partial charge in [0.1, 0.15) is 24.1 Å². The molecule has 5 nitrogen and oxygen atoms in total. The van der Waals surface area contributed by atoms with Crippen molar-refractivity contribution in [1.82, 2.24) is 0 Å². The van der Waals surface area contributed by atoms with E-state index < -0.39 is 0 Å². The number of carbonyl (C=O) groups excluding carboxylic acids is 3. The number of hydrogen-bond acceptors (Lipinski definition) is 4. The Bertz CT molecular complexity index is 872. The summed E-state index contributed by atoms with van der Waals surface area (Å²) < 4.78 is 5.56. The molecule has 0 radical (unpaired) electrons. The monoisotopic (exact) mass is 361 g/mol. The van der Waals surface area contributed by atoms with Crippen LogP contribution in [0.25, 0.3) is 0 Å². The summed E-state index contributed by atoms with van der Waals surface area (Å²) >= 11 is 0. The highest BCUT2D eigenvalue weighted by molar-refractivity contribution is 5.89. The minimum absolute atomic E-state index is 0.117. The summed E-state index contributed by atoms with van der Waals surface area (Å²) in [6, 6.07) is 23.2. The second-order valence-electron chi connectivity index (χ2n) is 5.52. The van der Waals surface area contributed by atoms with Gasteiger partial charge in [0.2, 0.25) is 5.91 Å². The van der Waals surface area contributed by atoms with Crippen LogP contribution in [0.4, 0.5) is 5.69 Å². The van der Waals surface area contributed by atoms with Crippen LogP contribution in [0.1, 0.15) is 27.6 Å². The summed E-state index contributed by atoms with van der Waals surface area (Å²) in [5.74, 6) is 1.40. The van der Waals surface area contributed by atoms with Gasteiger partial charge in [-0.15, -0.1) is 0 Å². The van der Waals surface area contributed by atoms with Gasteiger partial charge in [0.15, 0.2) is 0 Å². The van der Waals surface area contributed by atoms with E-state index >= 15 is 0 Å². The molecule has 0 unspecified atom stereocenters. The normalized spacial score (nSPS) is 9.37. The van der Waals surface area contributed by atoms with Gasteiger partial charge >= 0.3 is 0 Å². The number of ether oxygens (including phenoxy) is 1. The maximum atomic E-state index is 10.6. The molecule has 0 aliphatic rings. The number of anilines is 1. The predicted octanol–water partition coefficient (Wildman–Crippen LogP) is 4.75. The van der Waals surface area contributed by atoms with Gasteiger partial charge in [-0.25, -0.2) is 0 Å². The minimum Gasteiger partial charge on any atom is -0.457 e. The van der Waals surface area contributed by atoms with Crippen molar-refractivity contribution in [2.45, 2.75) is 6.92 Å². The van der Waals surface area contributed by atoms with Gasteiger partial charge < -0.3 is 10.1 Å². The summed E-state index contributed by atoms with van der Waals surface area (Å²) in [7, 11) is 0. The Balaban J connectivity index is 0.000000199. The highest BCUT2D eigenvalue weighted by atomic mass is 16.5. The van der Waals surface area contributed by atoms with Crippen molar-refractivity contribution < 1.29 is 19.1 Å². The van der Waals surface area contributed by atoms with Crippen LogP contribution in [-0.4, -0.2) is 18.5 Å². The Labute approximate surface area is 157 Å². The van der Waals surface area contributed by atoms with E-state index in [4.69, 9.17) is 4.74 Å². The van der Waals surface area contributed by atoms with Crippen molar-refractivity contribution in [3.05, 3.63) is 90.0 Å². The van der Waals surface area contributed by atoms with Crippen molar-refractivity contribution in [3.8, 4) is 11.5 Å². The molecule has 0 fully saturated rings. The fourth-order valence-corrected chi connectivity index (χ4v) is 2.09. The van der Waals surface area contributed by atoms with E-state index in [-0.39, 0.29) is 5.91 Å². The summed E-state index contributed by atoms with van der Waals surface area (Å²) in [6.45, 7) is 1.44. The summed E-state index contributed by atoms with van der Waals surface area (Å²) in [6.07, 6.45) is 1.57. The first-order chi connectivity index (χ1) is 13.1. The molecule has 0 bridgehead atoms. The highest BCUT2D eigenvalue weighted by Crippen LogP contribution is 2.20. The summed E-state index contributed by atoms with van der Waals surface area (Å²) in [5.41, 5.74) is 1.95. The first-order valence-corrected chi connectivity index (χ1v) is 8.21. The lowest BCUT2D eigenvalue weighted by Gasteiger charge is -2.04. The summed E-state index contributed by atoms with van der Waals surface area (Å²) in [5, 5.41) is 2.60. The fourth-order valence-electron chi connectivity index (χ4n) is 2.09. The molecule has 0 aliphatic heterocycles. The van der Waals surface area contributed by atoms with E-state index in [0.29, 0.717) is 16.8 Å². The highest BCUT2D eigenvalue weighted by Gasteiger charge is 1.96. The zero-order valence-electron chi connectivity index (χ0n) is 14.8. The lowest BCUT2D eigenvalue weighted by Crippen LogP contribution is -2.05. The maximum Gasteiger partial charge on any atom is 0.221 e. The molecule has 0 aliphatic carbocycles. The molecule has 27 heavy (non-hydrogen) atoms. The minimum atomic E-state index is -0.117. The van der Waals surface area contributed by atoms with Crippen LogP contribution in [0.15, 0.2) is 78.9 Å². The third-order valence-electron chi connectivity index (χ3n) is 3.36. The van der Waals surface area contributed by atoms with Crippen LogP contribution < -0.4 is 10.1 Å². The quantitative estimate of drug-likeness (QED) is 0.666. The number of rotatable bonds is 5. The van der Waals surface area contributed by atoms with Crippen LogP contribution in [0.5, 0.6) is 11.5 Å². The molecule has 136 valence electrons. The maximum absolute atomic E-state index is 10.6. The fraction of sp³-hybridized carbons (Fsp3) is 0.0455. The molecular formula is C22H19NO4. The molecule has 0 atom stereocenters. The van der Waals surface area contributed by atoms with E-state index in [1.165, 1.54) is 6.92 Å². The first kappa shape index (κ1) is 19.6. The molecule has 3 aromatic carbocycles. The van der Waals surface area contributed by atoms with E-state index in [0.717, 1.165) is 24.1 Å². The molecule has 0 saturated carbocycles. The van der Waals surface area contributed by atoms with Crippen LogP contribution >= 0.6 is 0 Å². The van der Waals surface area contributed by atoms with Crippen LogP contribution in [0, 0.1) is 0 Å². The number of carbonyl (C=O) groups is 3. The number of aldehydes is 2. The molecule has 3 rings (SSSR count). The topological polar surface area (TPSA) is 72.5 Å². The molecule has 5 heteroatoms. The second-order valence-corrected chi connectivity index (χ2v) is 5.52. The first-order valence-electron chi connectivity index (χ1n) is 8.21. The molecule has 3 aromatic rings. The largest absolute Gasteiger partial charge is 0.457 e. The number of nitrogens with one attached hydrogen (secondary N) is 1. The van der Waals surface area contributed by atoms with Gasteiger partial charge in [0, 0.05) is 23.7 Å². The van der Waals surface area contributed by atoms with Crippen molar-refractivity contribution in [3.63, 3.8) is 0 Å². The van der Waals surface area contributed by atoms with Gasteiger partial charge in [0.05, 0.1) is 0 Å². The number of amides is 1. The molecule has 0 spiro atoms. The molecule has 1 amide bonds. The Hall–Kier alpha value is -3.73. The third kappa shape index (κ3) is 6.96. The smallest absolute Gasteiger partial charge is 0.221 e. The van der Waals surface area contributed by atoms with E-state index in [1.807, 2.05) is 30.3 Å². The van der Waals surface area contributed by atoms with Crippen LogP contribution in [0.3, 0.4) is 0 Å². The zero-order valence-corrected chi connectivity index (χ0v) is 14.8. The van der Waals surface area contributed by atoms with Gasteiger partial charge in [-0.3, -0.25) is 14.4 Å². The standard InChI is InChI=1S/C13H10O2.C9H9NO2/c14-10-11-6-8-13(9-7-11)15-12-4-2-1-3-5-12;1-7(12)10-9-4-2-8(6-11)3-5-9/h1-10H;2-6H,1H3,(H,10,12). The lowest BCUT2D eigenvalue weighted by molar-refractivity contribution is -0.114. The lowest BCUT2D eigenvalue weighted by atomic mass is 10.2.